The van der Waals surface area contributed by atoms with Crippen LogP contribution in [0, 0.1) is 0 Å². The summed E-state index contributed by atoms with van der Waals surface area (Å²) in [7, 11) is -0.355. The largest absolute Gasteiger partial charge is 0.481 e. The van der Waals surface area contributed by atoms with Crippen molar-refractivity contribution in [3.05, 3.63) is 59.4 Å². The highest BCUT2D eigenvalue weighted by atomic mass is 16.4. The van der Waals surface area contributed by atoms with Crippen molar-refractivity contribution in [1.29, 1.82) is 0 Å². The molecule has 9 nitrogen and oxygen atoms in total. The second-order valence-corrected chi connectivity index (χ2v) is 7.00. The van der Waals surface area contributed by atoms with Gasteiger partial charge in [0.05, 0.1) is 25.4 Å². The molecule has 1 aromatic heterocycles. The number of carboxylic acids is 1. The Hall–Kier alpha value is -3.88. The molecule has 0 saturated heterocycles. The van der Waals surface area contributed by atoms with Crippen molar-refractivity contribution in [2.24, 2.45) is 0 Å². The topological polar surface area (TPSA) is 127 Å². The molecule has 4 rings (SSSR count). The van der Waals surface area contributed by atoms with Gasteiger partial charge < -0.3 is 25.6 Å². The first-order valence-corrected chi connectivity index (χ1v) is 9.27. The Kier molecular flexibility index (Phi) is 4.46. The van der Waals surface area contributed by atoms with E-state index in [1.807, 2.05) is 24.3 Å². The summed E-state index contributed by atoms with van der Waals surface area (Å²) in [6, 6.07) is 9.27. The zero-order chi connectivity index (χ0) is 22.8. The molecule has 0 saturated carbocycles. The third-order valence-corrected chi connectivity index (χ3v) is 4.82. The number of amides is 2. The molecular weight excluding hydrogens is 386 g/mol. The number of nitrogens with one attached hydrogen (secondary N) is 3. The van der Waals surface area contributed by atoms with Crippen LogP contribution in [-0.4, -0.2) is 50.8 Å². The van der Waals surface area contributed by atoms with Gasteiger partial charge in [0, 0.05) is 26.2 Å². The number of aliphatic carboxylic acids is 1. The van der Waals surface area contributed by atoms with Gasteiger partial charge in [-0.25, -0.2) is 4.98 Å². The number of H-pyrrole nitrogens is 1. The fraction of sp³-hybridized carbons (Fsp3) is 0.238. The number of rotatable bonds is 5. The molecule has 1 aliphatic heterocycles. The van der Waals surface area contributed by atoms with Crippen LogP contribution in [0.2, 0.25) is 0 Å². The summed E-state index contributed by atoms with van der Waals surface area (Å²) < 4.78 is 15.9. The first-order valence-electron chi connectivity index (χ1n) is 10.5. The number of para-hydroxylation sites is 2. The molecule has 0 fully saturated rings. The van der Waals surface area contributed by atoms with Gasteiger partial charge in [-0.2, -0.15) is 0 Å². The lowest BCUT2D eigenvalue weighted by Gasteiger charge is -2.19. The molecule has 2 aromatic carbocycles. The molecule has 0 unspecified atom stereocenters. The fourth-order valence-corrected chi connectivity index (χ4v) is 3.35. The molecule has 0 aliphatic carbocycles. The van der Waals surface area contributed by atoms with E-state index >= 15 is 0 Å². The number of benzene rings is 2. The zero-order valence-corrected chi connectivity index (χ0v) is 15.9. The first kappa shape index (κ1) is 17.0. The van der Waals surface area contributed by atoms with Crippen LogP contribution in [0.1, 0.15) is 30.9 Å². The molecule has 154 valence electrons. The van der Waals surface area contributed by atoms with E-state index < -0.39 is 30.2 Å². The number of fused-ring (bicyclic) bond motifs is 2. The maximum atomic E-state index is 12.8. The lowest BCUT2D eigenvalue weighted by Crippen LogP contribution is -2.39. The van der Waals surface area contributed by atoms with Gasteiger partial charge in [0.15, 0.2) is 0 Å². The number of imidazole rings is 1. The van der Waals surface area contributed by atoms with Gasteiger partial charge >= 0.3 is 5.97 Å². The predicted octanol–water partition coefficient (Wildman–Crippen LogP) is 1.72. The van der Waals surface area contributed by atoms with Crippen molar-refractivity contribution in [3.8, 4) is 0 Å². The highest BCUT2D eigenvalue weighted by Gasteiger charge is 2.29. The smallest absolute Gasteiger partial charge is 0.305 e. The first-order chi connectivity index (χ1) is 15.4. The predicted molar refractivity (Wildman–Crippen MR) is 110 cm³/mol. The maximum absolute atomic E-state index is 12.8. The highest BCUT2D eigenvalue weighted by molar-refractivity contribution is 5.95. The molecule has 4 N–H and O–H groups in total. The Morgan fingerprint density at radius 3 is 3.00 bits per heavy atom. The Balaban J connectivity index is 1.56. The fourth-order valence-electron chi connectivity index (χ4n) is 3.35. The molecule has 2 heterocycles. The Bertz CT molecular complexity index is 1180. The van der Waals surface area contributed by atoms with E-state index in [9.17, 15) is 14.4 Å². The average molecular weight is 411 g/mol. The molecular formula is C21H21N5O4. The monoisotopic (exact) mass is 411 g/mol. The van der Waals surface area contributed by atoms with Crippen LogP contribution in [0.5, 0.6) is 0 Å². The van der Waals surface area contributed by atoms with Gasteiger partial charge in [0.2, 0.25) is 5.91 Å². The third-order valence-electron chi connectivity index (χ3n) is 4.82. The number of anilines is 1. The maximum Gasteiger partial charge on any atom is 0.305 e. The summed E-state index contributed by atoms with van der Waals surface area (Å²) in [5.41, 5.74) is 2.67. The van der Waals surface area contributed by atoms with Crippen molar-refractivity contribution in [2.45, 2.75) is 25.6 Å². The number of nitrogens with zero attached hydrogens (tertiary/aromatic N) is 2. The van der Waals surface area contributed by atoms with Gasteiger partial charge in [-0.1, -0.05) is 12.1 Å². The minimum atomic E-state index is -1.16. The van der Waals surface area contributed by atoms with Crippen LogP contribution >= 0.6 is 0 Å². The summed E-state index contributed by atoms with van der Waals surface area (Å²) >= 11 is 0. The standard InChI is InChI=1S/C21H21N5O4/c1-26-11-13-8-12(6-7-14(13)23-17(21(26)30)9-19(27)28)20(29)22-10-18-24-15-4-2-3-5-16(15)25-18/h2-8,17,23H,9-11H2,1H3,(H,22,29)(H,24,25)(H,27,28)/t17-/m0/s1/i1T,6T. The lowest BCUT2D eigenvalue weighted by atomic mass is 10.1. The number of hydrogen-bond acceptors (Lipinski definition) is 5. The van der Waals surface area contributed by atoms with Crippen molar-refractivity contribution < 1.29 is 22.2 Å². The van der Waals surface area contributed by atoms with E-state index in [1.54, 1.807) is 0 Å². The summed E-state index contributed by atoms with van der Waals surface area (Å²) in [6.45, 7) is 0.172. The average Bonchev–Trinajstić information content (AvgIpc) is 3.13. The van der Waals surface area contributed by atoms with E-state index in [1.165, 1.54) is 17.0 Å². The third kappa shape index (κ3) is 3.95. The quantitative estimate of drug-likeness (QED) is 0.506. The number of carboxylic acid groups (broad SMARTS) is 1. The van der Waals surface area contributed by atoms with E-state index in [0.29, 0.717) is 17.1 Å². The summed E-state index contributed by atoms with van der Waals surface area (Å²) in [5.74, 6) is -1.57. The summed E-state index contributed by atoms with van der Waals surface area (Å²) in [5, 5.41) is 14.7. The Morgan fingerprint density at radius 2 is 2.23 bits per heavy atom. The van der Waals surface area contributed by atoms with Crippen LogP contribution in [-0.2, 0) is 22.7 Å². The van der Waals surface area contributed by atoms with Crippen molar-refractivity contribution in [1.82, 2.24) is 20.2 Å². The second kappa shape index (κ2) is 7.86. The minimum Gasteiger partial charge on any atom is -0.481 e. The SMILES string of the molecule is [3H]CN1Cc2cc(C(=O)NCc3nc4ccccc4[nH]3)c([3H])cc2N[C@@H](CC(=O)O)C1=O. The number of aromatic nitrogens is 2. The van der Waals surface area contributed by atoms with Crippen LogP contribution < -0.4 is 10.6 Å². The van der Waals surface area contributed by atoms with E-state index in [2.05, 4.69) is 20.6 Å². The van der Waals surface area contributed by atoms with Crippen molar-refractivity contribution >= 4 is 34.5 Å². The molecule has 2 amide bonds. The van der Waals surface area contributed by atoms with Crippen LogP contribution in [0.25, 0.3) is 11.0 Å². The summed E-state index contributed by atoms with van der Waals surface area (Å²) in [6.07, 6.45) is -0.457. The molecule has 0 spiro atoms. The van der Waals surface area contributed by atoms with Gasteiger partial charge in [-0.15, -0.1) is 0 Å². The molecule has 30 heavy (non-hydrogen) atoms. The molecule has 1 atom stereocenters. The number of carbonyl (C=O) groups is 3. The highest BCUT2D eigenvalue weighted by Crippen LogP contribution is 2.25. The van der Waals surface area contributed by atoms with Gasteiger partial charge in [0.25, 0.3) is 5.91 Å². The Morgan fingerprint density at radius 1 is 1.40 bits per heavy atom. The van der Waals surface area contributed by atoms with Gasteiger partial charge in [-0.05, 0) is 35.9 Å². The van der Waals surface area contributed by atoms with Crippen LogP contribution in [0.4, 0.5) is 5.69 Å². The number of likely N-dealkylation sites (N-methyl/N-ethyl adjacent to an activating group) is 1. The van der Waals surface area contributed by atoms with Crippen molar-refractivity contribution in [3.63, 3.8) is 0 Å². The van der Waals surface area contributed by atoms with E-state index in [4.69, 9.17) is 7.85 Å². The van der Waals surface area contributed by atoms with Gasteiger partial charge in [0.1, 0.15) is 11.9 Å². The molecule has 3 aromatic rings. The molecule has 9 heteroatoms. The van der Waals surface area contributed by atoms with Crippen molar-refractivity contribution in [2.75, 3.05) is 12.3 Å². The molecule has 1 aliphatic rings. The number of hydrogen-bond donors (Lipinski definition) is 4. The molecule has 0 bridgehead atoms. The molecule has 0 radical (unpaired) electrons. The number of aromatic amines is 1. The van der Waals surface area contributed by atoms with Crippen LogP contribution in [0.15, 0.2) is 42.4 Å². The number of carbonyl (C=O) groups excluding carboxylic acids is 2. The summed E-state index contributed by atoms with van der Waals surface area (Å²) in [4.78, 5) is 45.2. The second-order valence-electron chi connectivity index (χ2n) is 7.00. The van der Waals surface area contributed by atoms with E-state index in [0.717, 1.165) is 11.0 Å². The van der Waals surface area contributed by atoms with Gasteiger partial charge in [-0.3, -0.25) is 14.4 Å². The normalized spacial score (nSPS) is 16.9. The lowest BCUT2D eigenvalue weighted by molar-refractivity contribution is -0.141. The zero-order valence-electron chi connectivity index (χ0n) is 17.9. The Labute approximate surface area is 174 Å². The minimum absolute atomic E-state index is 0.0327. The van der Waals surface area contributed by atoms with Crippen LogP contribution in [0.3, 0.4) is 0 Å². The van der Waals surface area contributed by atoms with E-state index in [-0.39, 0.29) is 31.7 Å².